The summed E-state index contributed by atoms with van der Waals surface area (Å²) in [5, 5.41) is 11.3. The number of carbonyl (C=O) groups is 2. The van der Waals surface area contributed by atoms with Crippen molar-refractivity contribution in [2.45, 2.75) is 5.16 Å². The van der Waals surface area contributed by atoms with Gasteiger partial charge in [0, 0.05) is 5.56 Å². The first-order valence-corrected chi connectivity index (χ1v) is 9.40. The Bertz CT molecular complexity index is 1050. The number of Topliss-reactive ketones (excluding diaryl/α,β-unsaturated/α-hetero) is 1. The van der Waals surface area contributed by atoms with Gasteiger partial charge in [0.25, 0.3) is 5.91 Å². The summed E-state index contributed by atoms with van der Waals surface area (Å²) in [4.78, 5) is 24.1. The van der Waals surface area contributed by atoms with Crippen molar-refractivity contribution in [3.05, 3.63) is 54.4 Å². The molecule has 0 fully saturated rings. The van der Waals surface area contributed by atoms with Gasteiger partial charge in [-0.05, 0) is 30.3 Å². The second-order valence-corrected chi connectivity index (χ2v) is 6.86. The summed E-state index contributed by atoms with van der Waals surface area (Å²) >= 11 is 1.27. The molecule has 28 heavy (non-hydrogen) atoms. The van der Waals surface area contributed by atoms with Crippen molar-refractivity contribution in [2.75, 3.05) is 24.8 Å². The predicted molar refractivity (Wildman–Crippen MR) is 104 cm³/mol. The number of nitrogens with zero attached hydrogens (tertiary/aromatic N) is 3. The van der Waals surface area contributed by atoms with Crippen LogP contribution in [0.5, 0.6) is 11.5 Å². The molecule has 3 aromatic rings. The molecule has 0 atom stereocenters. The number of amides is 1. The largest absolute Gasteiger partial charge is 0.495 e. The second-order valence-electron chi connectivity index (χ2n) is 5.92. The molecule has 1 amide bonds. The summed E-state index contributed by atoms with van der Waals surface area (Å²) < 4.78 is 12.5. The maximum atomic E-state index is 12.6. The van der Waals surface area contributed by atoms with Crippen LogP contribution in [0.25, 0.3) is 5.69 Å². The summed E-state index contributed by atoms with van der Waals surface area (Å²) in [7, 11) is 1.60. The highest BCUT2D eigenvalue weighted by atomic mass is 32.2. The van der Waals surface area contributed by atoms with Crippen molar-refractivity contribution in [2.24, 2.45) is 0 Å². The number of hydrogen-bond acceptors (Lipinski definition) is 7. The monoisotopic (exact) mass is 396 g/mol. The summed E-state index contributed by atoms with van der Waals surface area (Å²) in [5.74, 6) is 1.07. The Hall–Kier alpha value is -3.33. The van der Waals surface area contributed by atoms with Gasteiger partial charge in [0.15, 0.2) is 17.5 Å². The number of nitrogens with one attached hydrogen (secondary N) is 1. The molecule has 1 aliphatic rings. The molecule has 0 bridgehead atoms. The van der Waals surface area contributed by atoms with Gasteiger partial charge in [-0.1, -0.05) is 23.9 Å². The van der Waals surface area contributed by atoms with Crippen LogP contribution in [0.2, 0.25) is 0 Å². The number of hydrogen-bond donors (Lipinski definition) is 1. The van der Waals surface area contributed by atoms with Gasteiger partial charge in [-0.15, -0.1) is 10.2 Å². The molecule has 1 aliphatic heterocycles. The van der Waals surface area contributed by atoms with E-state index in [9.17, 15) is 9.59 Å². The fraction of sp³-hybridized carbons (Fsp3) is 0.158. The highest BCUT2D eigenvalue weighted by Gasteiger charge is 2.19. The molecule has 4 rings (SSSR count). The van der Waals surface area contributed by atoms with Crippen molar-refractivity contribution in [1.29, 1.82) is 0 Å². The van der Waals surface area contributed by atoms with Crippen molar-refractivity contribution in [3.8, 4) is 17.2 Å². The molecule has 0 saturated carbocycles. The summed E-state index contributed by atoms with van der Waals surface area (Å²) in [5.41, 5.74) is 1.78. The summed E-state index contributed by atoms with van der Waals surface area (Å²) in [6, 6.07) is 12.5. The van der Waals surface area contributed by atoms with Gasteiger partial charge in [-0.3, -0.25) is 14.2 Å². The van der Waals surface area contributed by atoms with Crippen LogP contribution in [-0.4, -0.2) is 45.9 Å². The number of ether oxygens (including phenoxy) is 2. The zero-order valence-electron chi connectivity index (χ0n) is 14.9. The first-order chi connectivity index (χ1) is 13.7. The number of ketones is 1. The Morgan fingerprint density at radius 1 is 1.32 bits per heavy atom. The smallest absolute Gasteiger partial charge is 0.262 e. The van der Waals surface area contributed by atoms with E-state index in [0.29, 0.717) is 27.9 Å². The number of anilines is 1. The number of para-hydroxylation sites is 2. The van der Waals surface area contributed by atoms with E-state index in [2.05, 4.69) is 15.5 Å². The number of fused-ring (bicyclic) bond motifs is 1. The van der Waals surface area contributed by atoms with E-state index in [-0.39, 0.29) is 24.1 Å². The predicted octanol–water partition coefficient (Wildman–Crippen LogP) is 2.58. The lowest BCUT2D eigenvalue weighted by Gasteiger charge is -2.18. The zero-order chi connectivity index (χ0) is 19.5. The van der Waals surface area contributed by atoms with Gasteiger partial charge in [0.05, 0.1) is 24.2 Å². The van der Waals surface area contributed by atoms with Gasteiger partial charge >= 0.3 is 0 Å². The SMILES string of the molecule is COc1ccccc1-n1cnnc1SCC(=O)c1ccc2c(c1)NC(=O)CO2. The standard InChI is InChI=1S/C19H16N4O4S/c1-26-17-5-3-2-4-14(17)23-11-20-22-19(23)28-10-15(24)12-6-7-16-13(8-12)21-18(25)9-27-16/h2-8,11H,9-10H2,1H3,(H,21,25). The van der Waals surface area contributed by atoms with Crippen LogP contribution in [0.4, 0.5) is 5.69 Å². The lowest BCUT2D eigenvalue weighted by atomic mass is 10.1. The van der Waals surface area contributed by atoms with Crippen molar-refractivity contribution in [3.63, 3.8) is 0 Å². The van der Waals surface area contributed by atoms with E-state index in [1.54, 1.807) is 36.2 Å². The Kier molecular flexibility index (Phi) is 4.98. The molecular weight excluding hydrogens is 380 g/mol. The highest BCUT2D eigenvalue weighted by Crippen LogP contribution is 2.30. The molecule has 0 unspecified atom stereocenters. The van der Waals surface area contributed by atoms with Crippen LogP contribution in [0.15, 0.2) is 53.9 Å². The molecule has 0 radical (unpaired) electrons. The number of aromatic nitrogens is 3. The first kappa shape index (κ1) is 18.1. The van der Waals surface area contributed by atoms with Crippen LogP contribution in [0.3, 0.4) is 0 Å². The number of thioether (sulfide) groups is 1. The topological polar surface area (TPSA) is 95.3 Å². The molecule has 1 aromatic heterocycles. The Balaban J connectivity index is 1.50. The Morgan fingerprint density at radius 3 is 3.04 bits per heavy atom. The fourth-order valence-electron chi connectivity index (χ4n) is 2.79. The van der Waals surface area contributed by atoms with E-state index in [1.807, 2.05) is 24.3 Å². The zero-order valence-corrected chi connectivity index (χ0v) is 15.7. The molecular formula is C19H16N4O4S. The Labute approximate surface area is 164 Å². The van der Waals surface area contributed by atoms with Gasteiger partial charge < -0.3 is 14.8 Å². The quantitative estimate of drug-likeness (QED) is 0.505. The molecule has 8 nitrogen and oxygen atoms in total. The third-order valence-corrected chi connectivity index (χ3v) is 5.07. The second kappa shape index (κ2) is 7.73. The first-order valence-electron chi connectivity index (χ1n) is 8.42. The number of carbonyl (C=O) groups excluding carboxylic acids is 2. The molecule has 0 saturated heterocycles. The van der Waals surface area contributed by atoms with Crippen LogP contribution in [0, 0.1) is 0 Å². The van der Waals surface area contributed by atoms with Crippen LogP contribution in [-0.2, 0) is 4.79 Å². The van der Waals surface area contributed by atoms with Gasteiger partial charge in [-0.25, -0.2) is 0 Å². The van der Waals surface area contributed by atoms with E-state index < -0.39 is 0 Å². The van der Waals surface area contributed by atoms with Crippen LogP contribution < -0.4 is 14.8 Å². The number of methoxy groups -OCH3 is 1. The average molecular weight is 396 g/mol. The minimum Gasteiger partial charge on any atom is -0.495 e. The van der Waals surface area contributed by atoms with E-state index in [0.717, 1.165) is 5.69 Å². The fourth-order valence-corrected chi connectivity index (χ4v) is 3.60. The third-order valence-electron chi connectivity index (χ3n) is 4.13. The van der Waals surface area contributed by atoms with Gasteiger partial charge in [0.2, 0.25) is 0 Å². The van der Waals surface area contributed by atoms with Crippen molar-refractivity contribution >= 4 is 29.1 Å². The molecule has 0 spiro atoms. The van der Waals surface area contributed by atoms with E-state index >= 15 is 0 Å². The van der Waals surface area contributed by atoms with Crippen LogP contribution in [0.1, 0.15) is 10.4 Å². The van der Waals surface area contributed by atoms with Gasteiger partial charge in [0.1, 0.15) is 17.8 Å². The minimum absolute atomic E-state index is 0.0191. The van der Waals surface area contributed by atoms with Crippen molar-refractivity contribution in [1.82, 2.24) is 14.8 Å². The molecule has 1 N–H and O–H groups in total. The van der Waals surface area contributed by atoms with E-state index in [1.165, 1.54) is 11.8 Å². The van der Waals surface area contributed by atoms with Crippen LogP contribution >= 0.6 is 11.8 Å². The normalized spacial score (nSPS) is 12.7. The molecule has 2 heterocycles. The minimum atomic E-state index is -0.239. The lowest BCUT2D eigenvalue weighted by Crippen LogP contribution is -2.25. The number of benzene rings is 2. The summed E-state index contributed by atoms with van der Waals surface area (Å²) in [6.45, 7) is -0.0191. The summed E-state index contributed by atoms with van der Waals surface area (Å²) in [6.07, 6.45) is 1.58. The maximum absolute atomic E-state index is 12.6. The molecule has 142 valence electrons. The number of rotatable bonds is 6. The molecule has 2 aromatic carbocycles. The Morgan fingerprint density at radius 2 is 2.18 bits per heavy atom. The van der Waals surface area contributed by atoms with Gasteiger partial charge in [-0.2, -0.15) is 0 Å². The molecule has 0 aliphatic carbocycles. The average Bonchev–Trinajstić information content (AvgIpc) is 3.19. The maximum Gasteiger partial charge on any atom is 0.262 e. The third kappa shape index (κ3) is 3.56. The lowest BCUT2D eigenvalue weighted by molar-refractivity contribution is -0.118. The van der Waals surface area contributed by atoms with E-state index in [4.69, 9.17) is 9.47 Å². The highest BCUT2D eigenvalue weighted by molar-refractivity contribution is 7.99. The van der Waals surface area contributed by atoms with Crippen molar-refractivity contribution < 1.29 is 19.1 Å². The molecule has 9 heteroatoms.